The number of anilines is 2. The number of carbonyl (C=O) groups excluding carboxylic acids is 3. The van der Waals surface area contributed by atoms with E-state index in [9.17, 15) is 22.8 Å². The van der Waals surface area contributed by atoms with Gasteiger partial charge in [0.2, 0.25) is 15.9 Å². The molecule has 0 aliphatic carbocycles. The molecule has 0 aromatic heterocycles. The van der Waals surface area contributed by atoms with E-state index in [0.29, 0.717) is 54.7 Å². The molecule has 0 radical (unpaired) electrons. The first-order chi connectivity index (χ1) is 24.5. The van der Waals surface area contributed by atoms with E-state index in [1.54, 1.807) is 42.5 Å². The van der Waals surface area contributed by atoms with Crippen LogP contribution in [0.15, 0.2) is 113 Å². The number of benzene rings is 5. The van der Waals surface area contributed by atoms with Gasteiger partial charge in [-0.3, -0.25) is 14.4 Å². The van der Waals surface area contributed by atoms with Gasteiger partial charge in [0.1, 0.15) is 0 Å². The van der Waals surface area contributed by atoms with E-state index >= 15 is 0 Å². The van der Waals surface area contributed by atoms with E-state index in [0.717, 1.165) is 33.3 Å². The Kier molecular flexibility index (Phi) is 10.1. The van der Waals surface area contributed by atoms with Crippen LogP contribution in [-0.2, 0) is 40.7 Å². The van der Waals surface area contributed by atoms with Gasteiger partial charge in [-0.1, -0.05) is 60.7 Å². The molecule has 5 aromatic rings. The molecule has 5 aromatic carbocycles. The van der Waals surface area contributed by atoms with E-state index in [2.05, 4.69) is 15.6 Å². The number of aryl methyl sites for hydroxylation is 1. The van der Waals surface area contributed by atoms with Crippen LogP contribution in [0.25, 0.3) is 10.8 Å². The molecule has 0 spiro atoms. The van der Waals surface area contributed by atoms with E-state index in [1.807, 2.05) is 48.5 Å². The Bertz CT molecular complexity index is 2250. The first kappa shape index (κ1) is 34.8. The summed E-state index contributed by atoms with van der Waals surface area (Å²) in [6.45, 7) is 1.30. The molecule has 6 rings (SSSR count). The fourth-order valence-electron chi connectivity index (χ4n) is 6.02. The predicted molar refractivity (Wildman–Crippen MR) is 198 cm³/mol. The van der Waals surface area contributed by atoms with Crippen molar-refractivity contribution >= 4 is 55.9 Å². The summed E-state index contributed by atoms with van der Waals surface area (Å²) in [6.07, 6.45) is 1.13. The van der Waals surface area contributed by atoms with Crippen LogP contribution in [0.4, 0.5) is 11.4 Å². The number of imide groups is 1. The number of amides is 3. The van der Waals surface area contributed by atoms with Gasteiger partial charge in [0, 0.05) is 47.1 Å². The van der Waals surface area contributed by atoms with Crippen molar-refractivity contribution in [1.29, 1.82) is 0 Å². The molecular weight excluding hydrogens is 667 g/mol. The zero-order chi connectivity index (χ0) is 36.1. The van der Waals surface area contributed by atoms with Gasteiger partial charge in [0.25, 0.3) is 11.8 Å². The van der Waals surface area contributed by atoms with Crippen molar-refractivity contribution in [2.75, 3.05) is 16.8 Å². The summed E-state index contributed by atoms with van der Waals surface area (Å²) >= 11 is 0. The van der Waals surface area contributed by atoms with E-state index < -0.39 is 21.8 Å². The van der Waals surface area contributed by atoms with Crippen LogP contribution in [0, 0.1) is 0 Å². The molecule has 0 saturated carbocycles. The lowest BCUT2D eigenvalue weighted by Gasteiger charge is -2.28. The third kappa shape index (κ3) is 8.06. The summed E-state index contributed by atoms with van der Waals surface area (Å²) in [5.41, 5.74) is 16.6. The van der Waals surface area contributed by atoms with Crippen molar-refractivity contribution in [1.82, 2.24) is 5.32 Å². The standard InChI is InChI=1S/C38H37N7O5S/c39-38(40)44-23-27-9-7-26(8-10-27)22-43-33-17-16-32-35-30(33)5-2-6-31(35)36(47)45(37(32)48)28-4-1-3-25(21-28)13-18-34(46)42-20-19-24-11-14-29(15-12-24)51(41,49)50/h1-12,14-17,21,43H,13,18-20,22-23H2,(H,42,46)(H4,39,40,44)(H2,41,49,50). The molecule has 0 saturated heterocycles. The summed E-state index contributed by atoms with van der Waals surface area (Å²) in [5.74, 6) is -0.950. The van der Waals surface area contributed by atoms with Gasteiger partial charge in [-0.15, -0.1) is 0 Å². The van der Waals surface area contributed by atoms with Crippen LogP contribution < -0.4 is 32.1 Å². The highest BCUT2D eigenvalue weighted by molar-refractivity contribution is 7.89. The minimum absolute atomic E-state index is 0.0329. The molecule has 8 N–H and O–H groups in total. The molecule has 1 aliphatic rings. The normalized spacial score (nSPS) is 12.5. The molecule has 1 aliphatic heterocycles. The monoisotopic (exact) mass is 703 g/mol. The lowest BCUT2D eigenvalue weighted by atomic mass is 9.92. The van der Waals surface area contributed by atoms with Crippen LogP contribution in [0.2, 0.25) is 0 Å². The highest BCUT2D eigenvalue weighted by Crippen LogP contribution is 2.36. The molecule has 260 valence electrons. The van der Waals surface area contributed by atoms with Crippen LogP contribution in [0.1, 0.15) is 49.4 Å². The van der Waals surface area contributed by atoms with Crippen LogP contribution in [-0.4, -0.2) is 38.6 Å². The Morgan fingerprint density at radius 1 is 0.745 bits per heavy atom. The second-order valence-electron chi connectivity index (χ2n) is 12.2. The van der Waals surface area contributed by atoms with E-state index in [-0.39, 0.29) is 23.2 Å². The Morgan fingerprint density at radius 2 is 1.41 bits per heavy atom. The maximum absolute atomic E-state index is 13.9. The third-order valence-corrected chi connectivity index (χ3v) is 9.58. The Morgan fingerprint density at radius 3 is 2.12 bits per heavy atom. The van der Waals surface area contributed by atoms with Crippen molar-refractivity contribution in [2.24, 2.45) is 21.6 Å². The second kappa shape index (κ2) is 14.8. The van der Waals surface area contributed by atoms with E-state index in [4.69, 9.17) is 16.6 Å². The Labute approximate surface area is 295 Å². The molecular formula is C38H37N7O5S. The third-order valence-electron chi connectivity index (χ3n) is 8.66. The van der Waals surface area contributed by atoms with Gasteiger partial charge in [0.15, 0.2) is 5.96 Å². The molecule has 51 heavy (non-hydrogen) atoms. The van der Waals surface area contributed by atoms with Gasteiger partial charge < -0.3 is 22.1 Å². The maximum Gasteiger partial charge on any atom is 0.265 e. The number of sulfonamides is 1. The summed E-state index contributed by atoms with van der Waals surface area (Å²) < 4.78 is 22.9. The molecule has 0 fully saturated rings. The first-order valence-corrected chi connectivity index (χ1v) is 17.8. The summed E-state index contributed by atoms with van der Waals surface area (Å²) in [7, 11) is -3.76. The lowest BCUT2D eigenvalue weighted by Crippen LogP contribution is -2.40. The van der Waals surface area contributed by atoms with E-state index in [1.165, 1.54) is 17.0 Å². The summed E-state index contributed by atoms with van der Waals surface area (Å²) in [4.78, 5) is 45.6. The molecule has 3 amide bonds. The number of carbonyl (C=O) groups is 3. The quantitative estimate of drug-likeness (QED) is 0.0688. The highest BCUT2D eigenvalue weighted by atomic mass is 32.2. The number of hydrogen-bond donors (Lipinski definition) is 5. The molecule has 13 heteroatoms. The van der Waals surface area contributed by atoms with Crippen molar-refractivity contribution in [3.63, 3.8) is 0 Å². The molecule has 12 nitrogen and oxygen atoms in total. The van der Waals surface area contributed by atoms with Gasteiger partial charge in [0.05, 0.1) is 17.1 Å². The maximum atomic E-state index is 13.9. The summed E-state index contributed by atoms with van der Waals surface area (Å²) in [6, 6.07) is 30.2. The van der Waals surface area contributed by atoms with Crippen LogP contribution >= 0.6 is 0 Å². The molecule has 0 bridgehead atoms. The largest absolute Gasteiger partial charge is 0.380 e. The number of primary sulfonamides is 1. The molecule has 0 atom stereocenters. The first-order valence-electron chi connectivity index (χ1n) is 16.3. The van der Waals surface area contributed by atoms with Crippen molar-refractivity contribution in [2.45, 2.75) is 37.2 Å². The number of aliphatic imine (C=N–C) groups is 1. The number of guanidine groups is 1. The zero-order valence-electron chi connectivity index (χ0n) is 27.6. The number of hydrogen-bond acceptors (Lipinski definition) is 7. The van der Waals surface area contributed by atoms with Crippen molar-refractivity contribution in [3.05, 3.63) is 137 Å². The fraction of sp³-hybridized carbons (Fsp3) is 0.158. The number of nitrogens with two attached hydrogens (primary N) is 3. The predicted octanol–water partition coefficient (Wildman–Crippen LogP) is 3.96. The Hall–Kier alpha value is -6.05. The average molecular weight is 704 g/mol. The fourth-order valence-corrected chi connectivity index (χ4v) is 6.53. The number of rotatable bonds is 13. The van der Waals surface area contributed by atoms with Gasteiger partial charge in [-0.25, -0.2) is 23.4 Å². The van der Waals surface area contributed by atoms with Crippen molar-refractivity contribution in [3.8, 4) is 0 Å². The summed E-state index contributed by atoms with van der Waals surface area (Å²) in [5, 5.41) is 12.8. The molecule has 1 heterocycles. The highest BCUT2D eigenvalue weighted by Gasteiger charge is 2.34. The number of nitrogens with one attached hydrogen (secondary N) is 2. The van der Waals surface area contributed by atoms with Crippen LogP contribution in [0.3, 0.4) is 0 Å². The topological polar surface area (TPSA) is 203 Å². The van der Waals surface area contributed by atoms with Crippen LogP contribution in [0.5, 0.6) is 0 Å². The number of nitrogens with zero attached hydrogens (tertiary/aromatic N) is 2. The zero-order valence-corrected chi connectivity index (χ0v) is 28.5. The van der Waals surface area contributed by atoms with Gasteiger partial charge in [-0.05, 0) is 77.6 Å². The SMILES string of the molecule is NC(N)=NCc1ccc(CNc2ccc3c4c(cccc24)C(=O)N(c2cccc(CCC(=O)NCCc4ccc(S(N)(=O)=O)cc4)c2)C3=O)cc1. The Balaban J connectivity index is 1.10. The average Bonchev–Trinajstić information content (AvgIpc) is 3.12. The smallest absolute Gasteiger partial charge is 0.265 e. The lowest BCUT2D eigenvalue weighted by molar-refractivity contribution is -0.121. The second-order valence-corrected chi connectivity index (χ2v) is 13.8. The van der Waals surface area contributed by atoms with Crippen molar-refractivity contribution < 1.29 is 22.8 Å². The molecule has 0 unspecified atom stereocenters. The minimum Gasteiger partial charge on any atom is -0.380 e. The van der Waals surface area contributed by atoms with Gasteiger partial charge >= 0.3 is 0 Å². The van der Waals surface area contributed by atoms with Gasteiger partial charge in [-0.2, -0.15) is 0 Å². The minimum atomic E-state index is -3.76.